The summed E-state index contributed by atoms with van der Waals surface area (Å²) < 4.78 is 26.3. The van der Waals surface area contributed by atoms with E-state index in [9.17, 15) is 0 Å². The molecule has 0 aromatic rings. The van der Waals surface area contributed by atoms with Gasteiger partial charge in [0.25, 0.3) is 0 Å². The largest absolute Gasteiger partial charge is 0.382 e. The Bertz CT molecular complexity index is 167. The zero-order valence-electron chi connectivity index (χ0n) is 12.2. The van der Waals surface area contributed by atoms with Gasteiger partial charge in [-0.25, -0.2) is 0 Å². The average Bonchev–Trinajstić information content (AvgIpc) is 2.29. The van der Waals surface area contributed by atoms with Gasteiger partial charge in [-0.05, 0) is 20.8 Å². The Morgan fingerprint density at radius 2 is 1.00 bits per heavy atom. The minimum Gasteiger partial charge on any atom is -0.382 e. The van der Waals surface area contributed by atoms with Gasteiger partial charge in [0.2, 0.25) is 0 Å². The summed E-state index contributed by atoms with van der Waals surface area (Å²) in [4.78, 5) is 0. The molecule has 5 heteroatoms. The van der Waals surface area contributed by atoms with Crippen LogP contribution in [0.3, 0.4) is 0 Å². The smallest absolute Gasteiger partial charge is 0.0707 e. The third kappa shape index (κ3) is 15.8. The van der Waals surface area contributed by atoms with Crippen LogP contribution in [0.4, 0.5) is 0 Å². The van der Waals surface area contributed by atoms with Gasteiger partial charge in [0.15, 0.2) is 0 Å². The van der Waals surface area contributed by atoms with Gasteiger partial charge in [-0.3, -0.25) is 0 Å². The molecule has 0 amide bonds. The van der Waals surface area contributed by atoms with Crippen LogP contribution in [0.25, 0.3) is 0 Å². The summed E-state index contributed by atoms with van der Waals surface area (Å²) in [5.41, 5.74) is -0.0978. The fourth-order valence-electron chi connectivity index (χ4n) is 1.09. The summed E-state index contributed by atoms with van der Waals surface area (Å²) in [5.74, 6) is 0. The van der Waals surface area contributed by atoms with Crippen molar-refractivity contribution in [2.45, 2.75) is 26.4 Å². The second-order valence-corrected chi connectivity index (χ2v) is 4.79. The summed E-state index contributed by atoms with van der Waals surface area (Å²) in [7, 11) is 1.65. The molecule has 110 valence electrons. The van der Waals surface area contributed by atoms with Crippen molar-refractivity contribution in [1.82, 2.24) is 0 Å². The Kier molecular flexibility index (Phi) is 11.7. The number of rotatable bonds is 12. The summed E-state index contributed by atoms with van der Waals surface area (Å²) >= 11 is 0. The quantitative estimate of drug-likeness (QED) is 0.500. The summed E-state index contributed by atoms with van der Waals surface area (Å²) in [6.45, 7) is 10.9. The highest BCUT2D eigenvalue weighted by Crippen LogP contribution is 2.05. The Morgan fingerprint density at radius 1 is 0.611 bits per heavy atom. The molecule has 0 rings (SSSR count). The van der Waals surface area contributed by atoms with Gasteiger partial charge in [0, 0.05) is 7.11 Å². The van der Waals surface area contributed by atoms with E-state index in [1.165, 1.54) is 0 Å². The Balaban J connectivity index is 2.99. The lowest BCUT2D eigenvalue weighted by Gasteiger charge is -2.19. The lowest BCUT2D eigenvalue weighted by Crippen LogP contribution is -2.22. The average molecular weight is 264 g/mol. The normalized spacial score (nSPS) is 12.0. The minimum atomic E-state index is -0.0978. The molecule has 0 saturated heterocycles. The molecule has 5 nitrogen and oxygen atoms in total. The van der Waals surface area contributed by atoms with Gasteiger partial charge in [0.1, 0.15) is 0 Å². The van der Waals surface area contributed by atoms with E-state index in [0.717, 1.165) is 0 Å². The summed E-state index contributed by atoms with van der Waals surface area (Å²) in [6, 6.07) is 0. The van der Waals surface area contributed by atoms with Crippen LogP contribution in [0.5, 0.6) is 0 Å². The molecule has 0 aromatic carbocycles. The van der Waals surface area contributed by atoms with Crippen molar-refractivity contribution < 1.29 is 23.7 Å². The van der Waals surface area contributed by atoms with Gasteiger partial charge in [-0.1, -0.05) is 0 Å². The number of methoxy groups -OCH3 is 1. The molecule has 0 unspecified atom stereocenters. The molecular formula is C13H28O5. The zero-order valence-corrected chi connectivity index (χ0v) is 12.2. The first-order chi connectivity index (χ1) is 8.56. The van der Waals surface area contributed by atoms with Gasteiger partial charge in [-0.15, -0.1) is 0 Å². The third-order valence-electron chi connectivity index (χ3n) is 1.94. The molecule has 0 aliphatic carbocycles. The molecular weight excluding hydrogens is 236 g/mol. The maximum Gasteiger partial charge on any atom is 0.0707 e. The molecule has 0 aliphatic heterocycles. The van der Waals surface area contributed by atoms with Crippen LogP contribution in [0.1, 0.15) is 20.8 Å². The second kappa shape index (κ2) is 11.9. The van der Waals surface area contributed by atoms with Crippen LogP contribution in [0, 0.1) is 0 Å². The Hall–Kier alpha value is -0.200. The number of ether oxygens (including phenoxy) is 5. The SMILES string of the molecule is COCCOCCOCCOCCOC(C)(C)C. The molecule has 18 heavy (non-hydrogen) atoms. The van der Waals surface area contributed by atoms with Crippen molar-refractivity contribution in [2.24, 2.45) is 0 Å². The molecule has 0 aliphatic rings. The van der Waals surface area contributed by atoms with E-state index in [0.29, 0.717) is 52.9 Å². The number of hydrogen-bond acceptors (Lipinski definition) is 5. The van der Waals surface area contributed by atoms with Crippen LogP contribution in [-0.2, 0) is 23.7 Å². The van der Waals surface area contributed by atoms with Crippen LogP contribution in [0.15, 0.2) is 0 Å². The van der Waals surface area contributed by atoms with E-state index in [1.807, 2.05) is 20.8 Å². The predicted molar refractivity (Wildman–Crippen MR) is 70.0 cm³/mol. The summed E-state index contributed by atoms with van der Waals surface area (Å²) in [6.07, 6.45) is 0. The topological polar surface area (TPSA) is 46.2 Å². The van der Waals surface area contributed by atoms with Crippen LogP contribution in [-0.4, -0.2) is 65.6 Å². The van der Waals surface area contributed by atoms with Crippen LogP contribution in [0.2, 0.25) is 0 Å². The maximum atomic E-state index is 5.51. The lowest BCUT2D eigenvalue weighted by molar-refractivity contribution is -0.0456. The molecule has 0 saturated carbocycles. The third-order valence-corrected chi connectivity index (χ3v) is 1.94. The fourth-order valence-corrected chi connectivity index (χ4v) is 1.09. The summed E-state index contributed by atoms with van der Waals surface area (Å²) in [5, 5.41) is 0. The van der Waals surface area contributed by atoms with Gasteiger partial charge in [0.05, 0.1) is 58.5 Å². The lowest BCUT2D eigenvalue weighted by atomic mass is 10.2. The molecule has 0 radical (unpaired) electrons. The van der Waals surface area contributed by atoms with Crippen molar-refractivity contribution in [3.05, 3.63) is 0 Å². The van der Waals surface area contributed by atoms with Crippen molar-refractivity contribution in [2.75, 3.05) is 60.0 Å². The van der Waals surface area contributed by atoms with Crippen molar-refractivity contribution in [3.63, 3.8) is 0 Å². The first-order valence-corrected chi connectivity index (χ1v) is 6.42. The van der Waals surface area contributed by atoms with Crippen molar-refractivity contribution >= 4 is 0 Å². The van der Waals surface area contributed by atoms with Crippen molar-refractivity contribution in [1.29, 1.82) is 0 Å². The zero-order chi connectivity index (χ0) is 13.7. The first kappa shape index (κ1) is 17.8. The molecule has 0 atom stereocenters. The minimum absolute atomic E-state index is 0.0978. The Labute approximate surface area is 111 Å². The Morgan fingerprint density at radius 3 is 1.39 bits per heavy atom. The highest BCUT2D eigenvalue weighted by atomic mass is 16.6. The van der Waals surface area contributed by atoms with E-state index < -0.39 is 0 Å². The molecule has 0 aromatic heterocycles. The fraction of sp³-hybridized carbons (Fsp3) is 1.00. The van der Waals surface area contributed by atoms with Crippen LogP contribution >= 0.6 is 0 Å². The highest BCUT2D eigenvalue weighted by Gasteiger charge is 2.08. The predicted octanol–water partition coefficient (Wildman–Crippen LogP) is 1.50. The molecule has 0 bridgehead atoms. The van der Waals surface area contributed by atoms with E-state index >= 15 is 0 Å². The standard InChI is InChI=1S/C13H28O5/c1-13(2,3)18-12-11-17-10-9-16-8-7-15-6-5-14-4/h5-12H2,1-4H3. The molecule has 0 heterocycles. The van der Waals surface area contributed by atoms with E-state index in [2.05, 4.69) is 0 Å². The first-order valence-electron chi connectivity index (χ1n) is 6.42. The van der Waals surface area contributed by atoms with E-state index in [1.54, 1.807) is 7.11 Å². The van der Waals surface area contributed by atoms with Crippen LogP contribution < -0.4 is 0 Å². The molecule has 0 spiro atoms. The van der Waals surface area contributed by atoms with Gasteiger partial charge >= 0.3 is 0 Å². The highest BCUT2D eigenvalue weighted by molar-refractivity contribution is 4.57. The van der Waals surface area contributed by atoms with E-state index in [-0.39, 0.29) is 5.60 Å². The van der Waals surface area contributed by atoms with Gasteiger partial charge < -0.3 is 23.7 Å². The molecule has 0 fully saturated rings. The number of hydrogen-bond donors (Lipinski definition) is 0. The monoisotopic (exact) mass is 264 g/mol. The maximum absolute atomic E-state index is 5.51. The second-order valence-electron chi connectivity index (χ2n) is 4.79. The van der Waals surface area contributed by atoms with Gasteiger partial charge in [-0.2, -0.15) is 0 Å². The van der Waals surface area contributed by atoms with E-state index in [4.69, 9.17) is 23.7 Å². The molecule has 0 N–H and O–H groups in total. The van der Waals surface area contributed by atoms with Crippen molar-refractivity contribution in [3.8, 4) is 0 Å².